The summed E-state index contributed by atoms with van der Waals surface area (Å²) in [6.07, 6.45) is 6.95. The van der Waals surface area contributed by atoms with Gasteiger partial charge in [-0.2, -0.15) is 0 Å². The maximum atomic E-state index is 13.0. The third-order valence-corrected chi connectivity index (χ3v) is 5.02. The fourth-order valence-electron chi connectivity index (χ4n) is 2.87. The second-order valence-corrected chi connectivity index (χ2v) is 7.32. The van der Waals surface area contributed by atoms with E-state index in [-0.39, 0.29) is 12.5 Å². The zero-order valence-electron chi connectivity index (χ0n) is 16.4. The Bertz CT molecular complexity index is 1040. The molecule has 30 heavy (non-hydrogen) atoms. The van der Waals surface area contributed by atoms with Gasteiger partial charge in [0.15, 0.2) is 16.6 Å². The van der Waals surface area contributed by atoms with Crippen molar-refractivity contribution in [3.8, 4) is 29.6 Å². The van der Waals surface area contributed by atoms with Gasteiger partial charge in [0.05, 0.1) is 23.9 Å². The minimum Gasteiger partial charge on any atom is -0.494 e. The van der Waals surface area contributed by atoms with Crippen LogP contribution in [-0.4, -0.2) is 31.3 Å². The lowest BCUT2D eigenvalue weighted by Gasteiger charge is -2.14. The first-order valence-electron chi connectivity index (χ1n) is 9.02. The Balaban J connectivity index is 1.88. The molecule has 154 valence electrons. The number of anilines is 1. The van der Waals surface area contributed by atoms with E-state index in [2.05, 4.69) is 27.2 Å². The minimum absolute atomic E-state index is 0.112. The number of rotatable bonds is 7. The molecule has 1 N–H and O–H groups in total. The van der Waals surface area contributed by atoms with Crippen molar-refractivity contribution < 1.29 is 19.0 Å². The number of ether oxygens (including phenoxy) is 3. The highest BCUT2D eigenvalue weighted by Gasteiger charge is 2.32. The largest absolute Gasteiger partial charge is 0.494 e. The molecule has 2 aromatic rings. The molecule has 0 saturated carbocycles. The van der Waals surface area contributed by atoms with Crippen LogP contribution < -0.4 is 24.4 Å². The Labute approximate surface area is 188 Å². The monoisotopic (exact) mass is 486 g/mol. The highest BCUT2D eigenvalue weighted by Crippen LogP contribution is 2.37. The molecule has 1 aliphatic rings. The summed E-state index contributed by atoms with van der Waals surface area (Å²) in [7, 11) is 1.53. The van der Waals surface area contributed by atoms with Crippen LogP contribution in [0.3, 0.4) is 0 Å². The number of methoxy groups -OCH3 is 1. The molecule has 0 aliphatic carbocycles. The molecular formula is C22H19BrN2O4S. The van der Waals surface area contributed by atoms with Crippen LogP contribution in [0.1, 0.15) is 12.5 Å². The predicted molar refractivity (Wildman–Crippen MR) is 124 cm³/mol. The number of amides is 1. The SMILES string of the molecule is C#CCOc1c(Br)cc(/C=C2/NC(=S)N(c3ccc(OCC)cc3)C2=O)cc1OC. The van der Waals surface area contributed by atoms with Crippen molar-refractivity contribution >= 4 is 50.9 Å². The zero-order chi connectivity index (χ0) is 21.7. The van der Waals surface area contributed by atoms with Crippen molar-refractivity contribution in [2.24, 2.45) is 0 Å². The minimum atomic E-state index is -0.257. The van der Waals surface area contributed by atoms with Crippen molar-refractivity contribution in [2.75, 3.05) is 25.2 Å². The third-order valence-electron chi connectivity index (χ3n) is 4.15. The molecule has 8 heteroatoms. The Morgan fingerprint density at radius 3 is 2.63 bits per heavy atom. The Hall–Kier alpha value is -3.02. The van der Waals surface area contributed by atoms with E-state index in [4.69, 9.17) is 32.9 Å². The number of nitrogens with zero attached hydrogens (tertiary/aromatic N) is 1. The van der Waals surface area contributed by atoms with Crippen LogP contribution in [0.4, 0.5) is 5.69 Å². The summed E-state index contributed by atoms with van der Waals surface area (Å²) < 4.78 is 17.0. The van der Waals surface area contributed by atoms with Crippen molar-refractivity contribution in [1.29, 1.82) is 0 Å². The van der Waals surface area contributed by atoms with Gasteiger partial charge >= 0.3 is 0 Å². The lowest BCUT2D eigenvalue weighted by atomic mass is 10.1. The smallest absolute Gasteiger partial charge is 0.281 e. The molecule has 1 amide bonds. The van der Waals surface area contributed by atoms with Gasteiger partial charge < -0.3 is 19.5 Å². The number of halogens is 1. The average molecular weight is 487 g/mol. The first-order chi connectivity index (χ1) is 14.5. The van der Waals surface area contributed by atoms with Crippen LogP contribution >= 0.6 is 28.1 Å². The molecule has 0 bridgehead atoms. The maximum Gasteiger partial charge on any atom is 0.281 e. The third kappa shape index (κ3) is 4.58. The molecule has 1 saturated heterocycles. The van der Waals surface area contributed by atoms with E-state index in [0.717, 1.165) is 11.3 Å². The molecule has 2 aromatic carbocycles. The summed E-state index contributed by atoms with van der Waals surface area (Å²) in [5.41, 5.74) is 1.72. The summed E-state index contributed by atoms with van der Waals surface area (Å²) >= 11 is 8.83. The van der Waals surface area contributed by atoms with Crippen molar-refractivity contribution in [1.82, 2.24) is 5.32 Å². The van der Waals surface area contributed by atoms with Gasteiger partial charge in [0, 0.05) is 0 Å². The highest BCUT2D eigenvalue weighted by molar-refractivity contribution is 9.10. The Kier molecular flexibility index (Phi) is 6.98. The molecule has 0 aromatic heterocycles. The van der Waals surface area contributed by atoms with E-state index < -0.39 is 0 Å². The number of benzene rings is 2. The molecule has 0 atom stereocenters. The Morgan fingerprint density at radius 2 is 2.00 bits per heavy atom. The molecule has 1 fully saturated rings. The molecule has 6 nitrogen and oxygen atoms in total. The number of nitrogens with one attached hydrogen (secondary N) is 1. The first kappa shape index (κ1) is 21.7. The second-order valence-electron chi connectivity index (χ2n) is 6.08. The van der Waals surface area contributed by atoms with Crippen LogP contribution in [0.2, 0.25) is 0 Å². The molecule has 1 heterocycles. The fourth-order valence-corrected chi connectivity index (χ4v) is 3.74. The second kappa shape index (κ2) is 9.65. The average Bonchev–Trinajstić information content (AvgIpc) is 3.00. The molecule has 3 rings (SSSR count). The fraction of sp³-hybridized carbons (Fsp3) is 0.182. The molecular weight excluding hydrogens is 468 g/mol. The lowest BCUT2D eigenvalue weighted by Crippen LogP contribution is -2.30. The van der Waals surface area contributed by atoms with Crippen molar-refractivity contribution in [3.63, 3.8) is 0 Å². The first-order valence-corrected chi connectivity index (χ1v) is 10.2. The molecule has 0 radical (unpaired) electrons. The van der Waals surface area contributed by atoms with Crippen molar-refractivity contribution in [2.45, 2.75) is 6.92 Å². The summed E-state index contributed by atoms with van der Waals surface area (Å²) in [4.78, 5) is 14.4. The van der Waals surface area contributed by atoms with Crippen molar-refractivity contribution in [3.05, 3.63) is 52.1 Å². The van der Waals surface area contributed by atoms with Crippen LogP contribution in [-0.2, 0) is 4.79 Å². The van der Waals surface area contributed by atoms with E-state index in [1.54, 1.807) is 42.5 Å². The van der Waals surface area contributed by atoms with Crippen LogP contribution in [0, 0.1) is 12.3 Å². The summed E-state index contributed by atoms with van der Waals surface area (Å²) in [6.45, 7) is 2.59. The van der Waals surface area contributed by atoms with Crippen LogP contribution in [0.15, 0.2) is 46.6 Å². The van der Waals surface area contributed by atoms with E-state index in [0.29, 0.717) is 39.1 Å². The maximum absolute atomic E-state index is 13.0. The lowest BCUT2D eigenvalue weighted by molar-refractivity contribution is -0.113. The van der Waals surface area contributed by atoms with E-state index in [1.807, 2.05) is 6.92 Å². The number of carbonyl (C=O) groups excluding carboxylic acids is 1. The van der Waals surface area contributed by atoms with Gasteiger partial charge in [-0.3, -0.25) is 9.69 Å². The molecule has 1 aliphatic heterocycles. The standard InChI is InChI=1S/C22H19BrN2O4S/c1-4-10-29-20-17(23)11-14(13-19(20)27-3)12-18-21(26)25(22(30)24-18)15-6-8-16(9-7-15)28-5-2/h1,6-9,11-13H,5,10H2,2-3H3,(H,24,30)/b18-12+. The van der Waals surface area contributed by atoms with Crippen LogP contribution in [0.25, 0.3) is 6.08 Å². The molecule has 0 unspecified atom stereocenters. The summed E-state index contributed by atoms with van der Waals surface area (Å²) in [5, 5.41) is 3.27. The number of hydrogen-bond acceptors (Lipinski definition) is 5. The zero-order valence-corrected chi connectivity index (χ0v) is 18.8. The quantitative estimate of drug-likeness (QED) is 0.360. The van der Waals surface area contributed by atoms with E-state index in [9.17, 15) is 4.79 Å². The van der Waals surface area contributed by atoms with Gasteiger partial charge in [-0.15, -0.1) is 6.42 Å². The molecule has 0 spiro atoms. The Morgan fingerprint density at radius 1 is 1.27 bits per heavy atom. The van der Waals surface area contributed by atoms with Crippen LogP contribution in [0.5, 0.6) is 17.2 Å². The van der Waals surface area contributed by atoms with Gasteiger partial charge in [0.2, 0.25) is 0 Å². The van der Waals surface area contributed by atoms with Gasteiger partial charge in [0.1, 0.15) is 18.1 Å². The van der Waals surface area contributed by atoms with E-state index in [1.165, 1.54) is 12.0 Å². The normalized spacial score (nSPS) is 14.5. The number of carbonyl (C=O) groups is 1. The van der Waals surface area contributed by atoms with Gasteiger partial charge in [-0.1, -0.05) is 5.92 Å². The number of thiocarbonyl (C=S) groups is 1. The van der Waals surface area contributed by atoms with E-state index >= 15 is 0 Å². The number of hydrogen-bond donors (Lipinski definition) is 1. The summed E-state index contributed by atoms with van der Waals surface area (Å²) in [6, 6.07) is 10.7. The topological polar surface area (TPSA) is 60.0 Å². The van der Waals surface area contributed by atoms with Gasteiger partial charge in [-0.25, -0.2) is 0 Å². The summed E-state index contributed by atoms with van der Waals surface area (Å²) in [5.74, 6) is 3.87. The highest BCUT2D eigenvalue weighted by atomic mass is 79.9. The van der Waals surface area contributed by atoms with Gasteiger partial charge in [-0.05, 0) is 83.1 Å². The predicted octanol–water partition coefficient (Wildman–Crippen LogP) is 4.13. The number of terminal acetylenes is 1. The van der Waals surface area contributed by atoms with Gasteiger partial charge in [0.25, 0.3) is 5.91 Å².